The molecule has 0 bridgehead atoms. The van der Waals surface area contributed by atoms with Crippen molar-refractivity contribution in [1.82, 2.24) is 0 Å². The molecular formula is C10H8F2O4. The highest BCUT2D eigenvalue weighted by Gasteiger charge is 2.24. The fraction of sp³-hybridized carbons (Fsp3) is 0.200. The Bertz CT molecular complexity index is 443. The smallest absolute Gasteiger partial charge is 0.379 e. The van der Waals surface area contributed by atoms with E-state index in [2.05, 4.69) is 4.74 Å². The molecule has 0 amide bonds. The predicted octanol–water partition coefficient (Wildman–Crippen LogP) is 1.42. The topological polar surface area (TPSA) is 63.6 Å². The number of hydrogen-bond donors (Lipinski definition) is 1. The molecule has 0 atom stereocenters. The van der Waals surface area contributed by atoms with Crippen molar-refractivity contribution in [3.05, 3.63) is 29.3 Å². The summed E-state index contributed by atoms with van der Waals surface area (Å²) in [4.78, 5) is 22.2. The van der Waals surface area contributed by atoms with Crippen molar-refractivity contribution in [2.45, 2.75) is 6.92 Å². The number of aromatic hydroxyl groups is 1. The first kappa shape index (κ1) is 12.1. The number of carbonyl (C=O) groups excluding carboxylic acids is 2. The number of carbonyl (C=O) groups is 2. The van der Waals surface area contributed by atoms with E-state index < -0.39 is 34.7 Å². The van der Waals surface area contributed by atoms with Crippen LogP contribution in [0.25, 0.3) is 0 Å². The van der Waals surface area contributed by atoms with Crippen molar-refractivity contribution in [1.29, 1.82) is 0 Å². The number of phenolic OH excluding ortho intramolecular Hbond substituents is 1. The van der Waals surface area contributed by atoms with Crippen LogP contribution >= 0.6 is 0 Å². The van der Waals surface area contributed by atoms with Crippen LogP contribution in [0.2, 0.25) is 0 Å². The average Bonchev–Trinajstić information content (AvgIpc) is 2.26. The van der Waals surface area contributed by atoms with E-state index in [1.807, 2.05) is 0 Å². The molecule has 0 aliphatic heterocycles. The van der Waals surface area contributed by atoms with E-state index in [0.717, 1.165) is 12.1 Å². The molecule has 0 saturated carbocycles. The van der Waals surface area contributed by atoms with Crippen LogP contribution in [0.3, 0.4) is 0 Å². The van der Waals surface area contributed by atoms with Crippen molar-refractivity contribution in [2.75, 3.05) is 6.61 Å². The standard InChI is InChI=1S/C10H8F2O4/c1-2-16-10(15)9(14)5-3-4-6(13)8(12)7(5)11/h3-4,13H,2H2,1H3. The van der Waals surface area contributed by atoms with Crippen LogP contribution in [-0.4, -0.2) is 23.5 Å². The van der Waals surface area contributed by atoms with E-state index in [-0.39, 0.29) is 6.61 Å². The fourth-order valence-electron chi connectivity index (χ4n) is 1.02. The summed E-state index contributed by atoms with van der Waals surface area (Å²) in [5, 5.41) is 8.81. The largest absolute Gasteiger partial charge is 0.505 e. The molecule has 86 valence electrons. The molecule has 0 aliphatic rings. The predicted molar refractivity (Wildman–Crippen MR) is 49.0 cm³/mol. The Kier molecular flexibility index (Phi) is 3.55. The molecular weight excluding hydrogens is 222 g/mol. The molecule has 6 heteroatoms. The molecule has 16 heavy (non-hydrogen) atoms. The van der Waals surface area contributed by atoms with Gasteiger partial charge in [0, 0.05) is 0 Å². The second kappa shape index (κ2) is 4.69. The molecule has 0 unspecified atom stereocenters. The molecule has 0 aromatic heterocycles. The third-order valence-electron chi connectivity index (χ3n) is 1.77. The lowest BCUT2D eigenvalue weighted by Crippen LogP contribution is -2.19. The summed E-state index contributed by atoms with van der Waals surface area (Å²) in [6, 6.07) is 1.60. The summed E-state index contributed by atoms with van der Waals surface area (Å²) < 4.78 is 30.4. The summed E-state index contributed by atoms with van der Waals surface area (Å²) in [6.07, 6.45) is 0. The van der Waals surface area contributed by atoms with Gasteiger partial charge in [-0.15, -0.1) is 0 Å². The Hall–Kier alpha value is -1.98. The summed E-state index contributed by atoms with van der Waals surface area (Å²) in [7, 11) is 0. The molecule has 1 rings (SSSR count). The Morgan fingerprint density at radius 2 is 1.94 bits per heavy atom. The first-order chi connectivity index (χ1) is 7.49. The number of halogens is 2. The Labute approximate surface area is 89.5 Å². The molecule has 0 aliphatic carbocycles. The van der Waals surface area contributed by atoms with E-state index in [4.69, 9.17) is 5.11 Å². The zero-order valence-electron chi connectivity index (χ0n) is 8.29. The van der Waals surface area contributed by atoms with Gasteiger partial charge in [-0.25, -0.2) is 9.18 Å². The number of ether oxygens (including phenoxy) is 1. The van der Waals surface area contributed by atoms with Gasteiger partial charge in [-0.3, -0.25) is 4.79 Å². The number of phenols is 1. The molecule has 0 heterocycles. The van der Waals surface area contributed by atoms with Gasteiger partial charge in [-0.1, -0.05) is 0 Å². The molecule has 1 N–H and O–H groups in total. The number of ketones is 1. The van der Waals surface area contributed by atoms with E-state index in [1.54, 1.807) is 0 Å². The SMILES string of the molecule is CCOC(=O)C(=O)c1ccc(O)c(F)c1F. The maximum Gasteiger partial charge on any atom is 0.379 e. The monoisotopic (exact) mass is 230 g/mol. The maximum absolute atomic E-state index is 13.1. The Balaban J connectivity index is 3.10. The van der Waals surface area contributed by atoms with E-state index in [1.165, 1.54) is 6.92 Å². The molecule has 1 aromatic rings. The lowest BCUT2D eigenvalue weighted by Gasteiger charge is -2.03. The zero-order chi connectivity index (χ0) is 12.3. The van der Waals surface area contributed by atoms with Crippen LogP contribution in [0.15, 0.2) is 12.1 Å². The fourth-order valence-corrected chi connectivity index (χ4v) is 1.02. The minimum absolute atomic E-state index is 0.0489. The minimum Gasteiger partial charge on any atom is -0.505 e. The van der Waals surface area contributed by atoms with E-state index >= 15 is 0 Å². The van der Waals surface area contributed by atoms with Crippen LogP contribution in [0.5, 0.6) is 5.75 Å². The Morgan fingerprint density at radius 1 is 1.31 bits per heavy atom. The summed E-state index contributed by atoms with van der Waals surface area (Å²) in [6.45, 7) is 1.42. The number of benzene rings is 1. The van der Waals surface area contributed by atoms with Gasteiger partial charge < -0.3 is 9.84 Å². The van der Waals surface area contributed by atoms with E-state index in [0.29, 0.717) is 0 Å². The van der Waals surface area contributed by atoms with Crippen LogP contribution in [0, 0.1) is 11.6 Å². The van der Waals surface area contributed by atoms with Gasteiger partial charge in [0.1, 0.15) is 0 Å². The van der Waals surface area contributed by atoms with Gasteiger partial charge in [0.2, 0.25) is 5.82 Å². The third-order valence-corrected chi connectivity index (χ3v) is 1.77. The highest BCUT2D eigenvalue weighted by atomic mass is 19.2. The van der Waals surface area contributed by atoms with Crippen molar-refractivity contribution in [3.63, 3.8) is 0 Å². The van der Waals surface area contributed by atoms with Gasteiger partial charge in [0.15, 0.2) is 11.6 Å². The number of esters is 1. The van der Waals surface area contributed by atoms with Gasteiger partial charge in [-0.05, 0) is 19.1 Å². The summed E-state index contributed by atoms with van der Waals surface area (Å²) in [5.41, 5.74) is -0.770. The molecule has 0 radical (unpaired) electrons. The normalized spacial score (nSPS) is 9.94. The van der Waals surface area contributed by atoms with Gasteiger partial charge in [0.05, 0.1) is 12.2 Å². The first-order valence-corrected chi connectivity index (χ1v) is 4.37. The lowest BCUT2D eigenvalue weighted by atomic mass is 10.1. The van der Waals surface area contributed by atoms with Crippen molar-refractivity contribution >= 4 is 11.8 Å². The molecule has 1 aromatic carbocycles. The van der Waals surface area contributed by atoms with Gasteiger partial charge in [-0.2, -0.15) is 4.39 Å². The second-order valence-corrected chi connectivity index (χ2v) is 2.81. The first-order valence-electron chi connectivity index (χ1n) is 4.37. The number of hydrogen-bond acceptors (Lipinski definition) is 4. The number of rotatable bonds is 3. The maximum atomic E-state index is 13.1. The lowest BCUT2D eigenvalue weighted by molar-refractivity contribution is -0.137. The molecule has 0 fully saturated rings. The van der Waals surface area contributed by atoms with Gasteiger partial charge >= 0.3 is 5.97 Å². The highest BCUT2D eigenvalue weighted by molar-refractivity contribution is 6.40. The van der Waals surface area contributed by atoms with Crippen molar-refractivity contribution < 1.29 is 28.2 Å². The van der Waals surface area contributed by atoms with Crippen molar-refractivity contribution in [3.8, 4) is 5.75 Å². The van der Waals surface area contributed by atoms with Crippen LogP contribution in [0.4, 0.5) is 8.78 Å². The summed E-state index contributed by atoms with van der Waals surface area (Å²) >= 11 is 0. The van der Waals surface area contributed by atoms with Gasteiger partial charge in [0.25, 0.3) is 5.78 Å². The van der Waals surface area contributed by atoms with Crippen LogP contribution in [-0.2, 0) is 9.53 Å². The highest BCUT2D eigenvalue weighted by Crippen LogP contribution is 2.21. The zero-order valence-corrected chi connectivity index (χ0v) is 8.29. The minimum atomic E-state index is -1.57. The molecule has 0 saturated heterocycles. The second-order valence-electron chi connectivity index (χ2n) is 2.81. The van der Waals surface area contributed by atoms with Crippen LogP contribution < -0.4 is 0 Å². The molecule has 4 nitrogen and oxygen atoms in total. The van der Waals surface area contributed by atoms with Crippen molar-refractivity contribution in [2.24, 2.45) is 0 Å². The van der Waals surface area contributed by atoms with Crippen LogP contribution in [0.1, 0.15) is 17.3 Å². The summed E-state index contributed by atoms with van der Waals surface area (Å²) in [5.74, 6) is -6.64. The number of Topliss-reactive ketones (excluding diaryl/α,β-unsaturated/α-hetero) is 1. The molecule has 0 spiro atoms. The average molecular weight is 230 g/mol. The third kappa shape index (κ3) is 2.16. The Morgan fingerprint density at radius 3 is 2.50 bits per heavy atom. The quantitative estimate of drug-likeness (QED) is 0.484. The van der Waals surface area contributed by atoms with E-state index in [9.17, 15) is 18.4 Å².